The van der Waals surface area contributed by atoms with Crippen molar-refractivity contribution in [2.24, 2.45) is 0 Å². The molecule has 2 aromatic heterocycles. The van der Waals surface area contributed by atoms with Gasteiger partial charge in [0.15, 0.2) is 0 Å². The molecule has 136 valence electrons. The maximum atomic E-state index is 5.63. The van der Waals surface area contributed by atoms with E-state index in [1.807, 2.05) is 12.1 Å². The molecule has 1 saturated heterocycles. The van der Waals surface area contributed by atoms with Gasteiger partial charge in [-0.05, 0) is 36.9 Å². The summed E-state index contributed by atoms with van der Waals surface area (Å²) in [6.07, 6.45) is 2.34. The standard InChI is InChI=1S/C20H22N2O2S2/c1-23-16-5-6-17(19(10-16)24-2)18-4-3-8-22(18)11-15-13-26-20(21-15)14-7-9-25-12-14/h5-7,9-10,12-13,18H,3-4,8,11H2,1-2H3. The number of rotatable bonds is 6. The highest BCUT2D eigenvalue weighted by molar-refractivity contribution is 7.14. The second kappa shape index (κ2) is 7.78. The van der Waals surface area contributed by atoms with Crippen LogP contribution in [0.15, 0.2) is 40.4 Å². The molecule has 0 N–H and O–H groups in total. The summed E-state index contributed by atoms with van der Waals surface area (Å²) in [6, 6.07) is 8.63. The molecule has 26 heavy (non-hydrogen) atoms. The molecule has 1 aromatic carbocycles. The summed E-state index contributed by atoms with van der Waals surface area (Å²) in [6.45, 7) is 1.96. The number of methoxy groups -OCH3 is 2. The van der Waals surface area contributed by atoms with Gasteiger partial charge in [-0.15, -0.1) is 11.3 Å². The van der Waals surface area contributed by atoms with Crippen molar-refractivity contribution >= 4 is 22.7 Å². The van der Waals surface area contributed by atoms with Crippen molar-refractivity contribution in [3.63, 3.8) is 0 Å². The van der Waals surface area contributed by atoms with Crippen molar-refractivity contribution in [2.75, 3.05) is 20.8 Å². The minimum absolute atomic E-state index is 0.363. The van der Waals surface area contributed by atoms with Crippen LogP contribution in [-0.4, -0.2) is 30.6 Å². The SMILES string of the molecule is COc1ccc(C2CCCN2Cc2csc(-c3ccsc3)n2)c(OC)c1. The van der Waals surface area contributed by atoms with Crippen LogP contribution in [0.2, 0.25) is 0 Å². The number of hydrogen-bond acceptors (Lipinski definition) is 6. The predicted octanol–water partition coefficient (Wildman–Crippen LogP) is 5.23. The molecule has 4 nitrogen and oxygen atoms in total. The van der Waals surface area contributed by atoms with Crippen molar-refractivity contribution < 1.29 is 9.47 Å². The maximum absolute atomic E-state index is 5.63. The molecule has 0 radical (unpaired) electrons. The highest BCUT2D eigenvalue weighted by atomic mass is 32.1. The zero-order chi connectivity index (χ0) is 17.9. The van der Waals surface area contributed by atoms with E-state index >= 15 is 0 Å². The van der Waals surface area contributed by atoms with Crippen molar-refractivity contribution in [3.05, 3.63) is 51.7 Å². The molecule has 0 saturated carbocycles. The lowest BCUT2D eigenvalue weighted by Crippen LogP contribution is -2.23. The third-order valence-electron chi connectivity index (χ3n) is 4.85. The Morgan fingerprint density at radius 3 is 2.88 bits per heavy atom. The van der Waals surface area contributed by atoms with Gasteiger partial charge in [-0.1, -0.05) is 6.07 Å². The third kappa shape index (κ3) is 3.49. The minimum Gasteiger partial charge on any atom is -0.497 e. The second-order valence-corrected chi connectivity index (χ2v) is 8.03. The molecule has 1 fully saturated rings. The molecule has 3 aromatic rings. The summed E-state index contributed by atoms with van der Waals surface area (Å²) >= 11 is 3.44. The number of nitrogens with zero attached hydrogens (tertiary/aromatic N) is 2. The number of aromatic nitrogens is 1. The monoisotopic (exact) mass is 386 g/mol. The van der Waals surface area contributed by atoms with Crippen LogP contribution in [0.3, 0.4) is 0 Å². The van der Waals surface area contributed by atoms with E-state index in [0.717, 1.165) is 41.7 Å². The van der Waals surface area contributed by atoms with Gasteiger partial charge in [0.05, 0.1) is 19.9 Å². The van der Waals surface area contributed by atoms with Gasteiger partial charge < -0.3 is 9.47 Å². The van der Waals surface area contributed by atoms with Gasteiger partial charge in [0.2, 0.25) is 0 Å². The van der Waals surface area contributed by atoms with E-state index in [2.05, 4.69) is 33.2 Å². The molecule has 0 bridgehead atoms. The summed E-state index contributed by atoms with van der Waals surface area (Å²) in [7, 11) is 3.41. The number of thiophene rings is 1. The van der Waals surface area contributed by atoms with Crippen molar-refractivity contribution in [2.45, 2.75) is 25.4 Å². The van der Waals surface area contributed by atoms with Gasteiger partial charge in [0.25, 0.3) is 0 Å². The zero-order valence-electron chi connectivity index (χ0n) is 15.0. The Hall–Kier alpha value is -1.89. The molecule has 1 aliphatic rings. The van der Waals surface area contributed by atoms with Crippen molar-refractivity contribution in [3.8, 4) is 22.1 Å². The van der Waals surface area contributed by atoms with Gasteiger partial charge in [-0.25, -0.2) is 4.98 Å². The first-order chi connectivity index (χ1) is 12.8. The van der Waals surface area contributed by atoms with Crippen LogP contribution in [0.5, 0.6) is 11.5 Å². The Bertz CT molecular complexity index is 861. The lowest BCUT2D eigenvalue weighted by Gasteiger charge is -2.25. The fourth-order valence-corrected chi connectivity index (χ4v) is 5.09. The smallest absolute Gasteiger partial charge is 0.127 e. The van der Waals surface area contributed by atoms with Crippen LogP contribution < -0.4 is 9.47 Å². The molecule has 1 atom stereocenters. The van der Waals surface area contributed by atoms with Gasteiger partial charge in [-0.2, -0.15) is 11.3 Å². The summed E-state index contributed by atoms with van der Waals surface area (Å²) in [5.41, 5.74) is 3.61. The number of hydrogen-bond donors (Lipinski definition) is 0. The third-order valence-corrected chi connectivity index (χ3v) is 6.47. The van der Waals surface area contributed by atoms with E-state index in [4.69, 9.17) is 14.5 Å². The molecule has 1 unspecified atom stereocenters. The molecular weight excluding hydrogens is 364 g/mol. The maximum Gasteiger partial charge on any atom is 0.127 e. The Morgan fingerprint density at radius 2 is 2.12 bits per heavy atom. The molecule has 0 amide bonds. The summed E-state index contributed by atoms with van der Waals surface area (Å²) < 4.78 is 11.0. The fourth-order valence-electron chi connectivity index (χ4n) is 3.57. The summed E-state index contributed by atoms with van der Waals surface area (Å²) in [4.78, 5) is 7.36. The van der Waals surface area contributed by atoms with Crippen molar-refractivity contribution in [1.29, 1.82) is 0 Å². The van der Waals surface area contributed by atoms with E-state index in [9.17, 15) is 0 Å². The molecule has 0 aliphatic carbocycles. The Morgan fingerprint density at radius 1 is 1.19 bits per heavy atom. The number of ether oxygens (including phenoxy) is 2. The average molecular weight is 387 g/mol. The molecule has 6 heteroatoms. The lowest BCUT2D eigenvalue weighted by atomic mass is 10.0. The van der Waals surface area contributed by atoms with Crippen LogP contribution in [-0.2, 0) is 6.54 Å². The van der Waals surface area contributed by atoms with Crippen LogP contribution in [0.4, 0.5) is 0 Å². The Balaban J connectivity index is 1.54. The number of likely N-dealkylation sites (tertiary alicyclic amines) is 1. The summed E-state index contributed by atoms with van der Waals surface area (Å²) in [5.74, 6) is 1.73. The first-order valence-corrected chi connectivity index (χ1v) is 10.5. The van der Waals surface area contributed by atoms with E-state index in [1.165, 1.54) is 17.5 Å². The van der Waals surface area contributed by atoms with E-state index in [-0.39, 0.29) is 0 Å². The van der Waals surface area contributed by atoms with Gasteiger partial charge in [0, 0.05) is 40.5 Å². The first-order valence-electron chi connectivity index (χ1n) is 8.71. The van der Waals surface area contributed by atoms with E-state index in [0.29, 0.717) is 6.04 Å². The lowest BCUT2D eigenvalue weighted by molar-refractivity contribution is 0.240. The predicted molar refractivity (Wildman–Crippen MR) is 107 cm³/mol. The van der Waals surface area contributed by atoms with Crippen LogP contribution in [0.25, 0.3) is 10.6 Å². The molecule has 3 heterocycles. The normalized spacial score (nSPS) is 17.5. The van der Waals surface area contributed by atoms with Gasteiger partial charge in [0.1, 0.15) is 16.5 Å². The minimum atomic E-state index is 0.363. The highest BCUT2D eigenvalue weighted by Crippen LogP contribution is 2.39. The van der Waals surface area contributed by atoms with Crippen molar-refractivity contribution in [1.82, 2.24) is 9.88 Å². The average Bonchev–Trinajstić information content (AvgIpc) is 3.43. The summed E-state index contributed by atoms with van der Waals surface area (Å²) in [5, 5.41) is 7.55. The van der Waals surface area contributed by atoms with E-state index < -0.39 is 0 Å². The zero-order valence-corrected chi connectivity index (χ0v) is 16.6. The molecule has 0 spiro atoms. The van der Waals surface area contributed by atoms with Crippen LogP contribution in [0, 0.1) is 0 Å². The second-order valence-electron chi connectivity index (χ2n) is 6.39. The van der Waals surface area contributed by atoms with E-state index in [1.54, 1.807) is 36.9 Å². The quantitative estimate of drug-likeness (QED) is 0.581. The van der Waals surface area contributed by atoms with Crippen LogP contribution in [0.1, 0.15) is 30.1 Å². The highest BCUT2D eigenvalue weighted by Gasteiger charge is 2.29. The van der Waals surface area contributed by atoms with Gasteiger partial charge in [-0.3, -0.25) is 4.90 Å². The van der Waals surface area contributed by atoms with Gasteiger partial charge >= 0.3 is 0 Å². The Kier molecular flexibility index (Phi) is 5.24. The fraction of sp³-hybridized carbons (Fsp3) is 0.350. The topological polar surface area (TPSA) is 34.6 Å². The largest absolute Gasteiger partial charge is 0.497 e. The Labute approximate surface area is 162 Å². The molecule has 4 rings (SSSR count). The molecular formula is C20H22N2O2S2. The number of benzene rings is 1. The number of thiazole rings is 1. The first kappa shape index (κ1) is 17.5. The molecule has 1 aliphatic heterocycles. The van der Waals surface area contributed by atoms with Crippen LogP contribution >= 0.6 is 22.7 Å².